The van der Waals surface area contributed by atoms with Crippen molar-refractivity contribution in [2.75, 3.05) is 91.0 Å². The van der Waals surface area contributed by atoms with E-state index in [0.29, 0.717) is 18.9 Å². The Morgan fingerprint density at radius 3 is 2.13 bits per heavy atom. The molecule has 12 nitrogen and oxygen atoms in total. The normalized spacial score (nSPS) is 24.2. The van der Waals surface area contributed by atoms with Crippen LogP contribution in [0.15, 0.2) is 42.6 Å². The number of ether oxygens (including phenoxy) is 4. The van der Waals surface area contributed by atoms with Crippen molar-refractivity contribution in [3.05, 3.63) is 64.8 Å². The van der Waals surface area contributed by atoms with Crippen molar-refractivity contribution < 1.29 is 28.5 Å². The number of carbonyl (C=O) groups is 2. The van der Waals surface area contributed by atoms with Gasteiger partial charge >= 0.3 is 0 Å². The molecule has 1 saturated heterocycles. The zero-order valence-corrected chi connectivity index (χ0v) is 33.7. The van der Waals surface area contributed by atoms with Crippen LogP contribution in [0.25, 0.3) is 0 Å². The number of rotatable bonds is 10. The van der Waals surface area contributed by atoms with Gasteiger partial charge in [-0.1, -0.05) is 13.8 Å². The molecule has 4 unspecified atom stereocenters. The number of pyridine rings is 1. The van der Waals surface area contributed by atoms with Crippen molar-refractivity contribution >= 4 is 23.3 Å². The topological polar surface area (TPSA) is 109 Å². The number of anilines is 2. The van der Waals surface area contributed by atoms with Crippen LogP contribution >= 0.6 is 0 Å². The van der Waals surface area contributed by atoms with E-state index in [9.17, 15) is 9.59 Å². The molecule has 296 valence electrons. The summed E-state index contributed by atoms with van der Waals surface area (Å²) in [5, 5.41) is 2.79. The number of benzene rings is 2. The summed E-state index contributed by atoms with van der Waals surface area (Å²) in [5.41, 5.74) is 5.84. The number of piperazine rings is 1. The van der Waals surface area contributed by atoms with Gasteiger partial charge in [-0.2, -0.15) is 0 Å². The Balaban J connectivity index is 1.27. The van der Waals surface area contributed by atoms with E-state index in [-0.39, 0.29) is 35.2 Å². The molecule has 3 aromatic rings. The quantitative estimate of drug-likeness (QED) is 0.284. The van der Waals surface area contributed by atoms with Gasteiger partial charge in [0.2, 0.25) is 11.8 Å². The lowest BCUT2D eigenvalue weighted by Gasteiger charge is -2.60. The average Bonchev–Trinajstić information content (AvgIpc) is 3.22. The van der Waals surface area contributed by atoms with Gasteiger partial charge in [0.15, 0.2) is 23.0 Å². The number of nitrogens with zero attached hydrogens (tertiary/aromatic N) is 5. The van der Waals surface area contributed by atoms with E-state index in [0.717, 1.165) is 100 Å². The maximum Gasteiger partial charge on any atom is 0.225 e. The van der Waals surface area contributed by atoms with Crippen LogP contribution in [0, 0.1) is 11.8 Å². The fourth-order valence-corrected chi connectivity index (χ4v) is 10.3. The minimum Gasteiger partial charge on any atom is -0.493 e. The van der Waals surface area contributed by atoms with E-state index in [1.165, 1.54) is 29.2 Å². The van der Waals surface area contributed by atoms with Crippen molar-refractivity contribution in [2.45, 2.75) is 64.5 Å². The Kier molecular flexibility index (Phi) is 11.5. The van der Waals surface area contributed by atoms with Gasteiger partial charge in [0.05, 0.1) is 34.0 Å². The third kappa shape index (κ3) is 7.07. The summed E-state index contributed by atoms with van der Waals surface area (Å²) in [5.74, 6) is 3.62. The van der Waals surface area contributed by atoms with Crippen molar-refractivity contribution in [3.8, 4) is 23.0 Å². The minimum absolute atomic E-state index is 0.0543. The molecule has 4 atom stereocenters. The molecule has 2 aromatic carbocycles. The number of hydrogen-bond acceptors (Lipinski definition) is 10. The van der Waals surface area contributed by atoms with Gasteiger partial charge in [-0.05, 0) is 97.8 Å². The monoisotopic (exact) mass is 754 g/mol. The lowest BCUT2D eigenvalue weighted by atomic mass is 9.58. The number of nitrogens with one attached hydrogen (secondary N) is 1. The Bertz CT molecular complexity index is 1880. The third-order valence-corrected chi connectivity index (χ3v) is 12.9. The molecule has 1 spiro atoms. The van der Waals surface area contributed by atoms with E-state index in [1.54, 1.807) is 34.6 Å². The summed E-state index contributed by atoms with van der Waals surface area (Å²) in [4.78, 5) is 40.4. The van der Waals surface area contributed by atoms with E-state index in [1.807, 2.05) is 12.1 Å². The van der Waals surface area contributed by atoms with Gasteiger partial charge in [0.25, 0.3) is 0 Å². The van der Waals surface area contributed by atoms with Gasteiger partial charge in [0, 0.05) is 82.0 Å². The summed E-state index contributed by atoms with van der Waals surface area (Å²) >= 11 is 0. The van der Waals surface area contributed by atoms with Crippen LogP contribution in [-0.4, -0.2) is 112 Å². The van der Waals surface area contributed by atoms with Gasteiger partial charge in [0.1, 0.15) is 5.82 Å². The van der Waals surface area contributed by atoms with Gasteiger partial charge in [-0.25, -0.2) is 4.98 Å². The average molecular weight is 755 g/mol. The molecule has 1 aromatic heterocycles. The summed E-state index contributed by atoms with van der Waals surface area (Å²) in [6.45, 7) is 12.4. The molecule has 1 saturated carbocycles. The van der Waals surface area contributed by atoms with Gasteiger partial charge < -0.3 is 34.1 Å². The van der Waals surface area contributed by atoms with Crippen molar-refractivity contribution in [2.24, 2.45) is 11.8 Å². The first kappa shape index (κ1) is 38.7. The summed E-state index contributed by atoms with van der Waals surface area (Å²) in [6, 6.07) is 12.7. The standard InChI is InChI=1S/C43H58N6O6/c1-8-46-16-12-29-23-36(52-4)38(54-6)26-33(29)41(46)35-22-31(42(51)48-20-18-47(19-21-48)32-11-15-44-40(25-32)45-28(3)50)10-14-43(35)34-27-39(55-7)37(53-5)24-30(34)13-17-49(43)9-2/h11,15,23-27,31,35,41H,8-10,12-14,16-22H2,1-7H3,(H,44,45,50). The second kappa shape index (κ2) is 16.3. The molecule has 0 bridgehead atoms. The first-order chi connectivity index (χ1) is 26.7. The van der Waals surface area contributed by atoms with Crippen molar-refractivity contribution in [1.29, 1.82) is 0 Å². The lowest BCUT2D eigenvalue weighted by Crippen LogP contribution is -2.61. The predicted molar refractivity (Wildman–Crippen MR) is 214 cm³/mol. The number of amides is 2. The lowest BCUT2D eigenvalue weighted by molar-refractivity contribution is -0.142. The van der Waals surface area contributed by atoms with Crippen LogP contribution in [0.1, 0.15) is 68.3 Å². The highest BCUT2D eigenvalue weighted by atomic mass is 16.5. The molecule has 4 aliphatic rings. The second-order valence-corrected chi connectivity index (χ2v) is 15.3. The van der Waals surface area contributed by atoms with E-state index < -0.39 is 0 Å². The first-order valence-electron chi connectivity index (χ1n) is 20.0. The fourth-order valence-electron chi connectivity index (χ4n) is 10.3. The molecule has 2 amide bonds. The Labute approximate surface area is 326 Å². The highest BCUT2D eigenvalue weighted by molar-refractivity contribution is 5.88. The zero-order chi connectivity index (χ0) is 38.9. The molecule has 4 heterocycles. The van der Waals surface area contributed by atoms with E-state index in [4.69, 9.17) is 18.9 Å². The van der Waals surface area contributed by atoms with Gasteiger partial charge in [-0.3, -0.25) is 19.4 Å². The fraction of sp³-hybridized carbons (Fsp3) is 0.558. The van der Waals surface area contributed by atoms with Crippen LogP contribution in [-0.2, 0) is 28.0 Å². The number of aromatic nitrogens is 1. The molecule has 3 aliphatic heterocycles. The molecule has 7 rings (SSSR count). The SMILES string of the molecule is CCN1CCc2cc(OC)c(OC)cc2C1C1CC(C(=O)N2CCN(c3ccnc(NC(C)=O)c3)CC2)CCC12c1cc(OC)c(OC)cc1CCN2CC. The van der Waals surface area contributed by atoms with Crippen LogP contribution in [0.5, 0.6) is 23.0 Å². The third-order valence-electron chi connectivity index (χ3n) is 12.9. The molecule has 0 radical (unpaired) electrons. The van der Waals surface area contributed by atoms with Crippen LogP contribution < -0.4 is 29.2 Å². The number of methoxy groups -OCH3 is 4. The zero-order valence-electron chi connectivity index (χ0n) is 33.7. The number of carbonyl (C=O) groups excluding carboxylic acids is 2. The Hall–Kier alpha value is -4.55. The number of hydrogen-bond donors (Lipinski definition) is 1. The van der Waals surface area contributed by atoms with Crippen molar-refractivity contribution in [1.82, 2.24) is 19.7 Å². The summed E-state index contributed by atoms with van der Waals surface area (Å²) in [7, 11) is 6.84. The molecular weight excluding hydrogens is 697 g/mol. The first-order valence-corrected chi connectivity index (χ1v) is 20.0. The molecule has 12 heteroatoms. The number of likely N-dealkylation sites (N-methyl/N-ethyl adjacent to an activating group) is 2. The van der Waals surface area contributed by atoms with E-state index >= 15 is 0 Å². The molecule has 1 aliphatic carbocycles. The Morgan fingerprint density at radius 1 is 0.818 bits per heavy atom. The van der Waals surface area contributed by atoms with Crippen LogP contribution in [0.3, 0.4) is 0 Å². The molecule has 2 fully saturated rings. The van der Waals surface area contributed by atoms with Gasteiger partial charge in [-0.15, -0.1) is 0 Å². The number of fused-ring (bicyclic) bond motifs is 3. The van der Waals surface area contributed by atoms with Crippen LogP contribution in [0.4, 0.5) is 11.5 Å². The molecule has 55 heavy (non-hydrogen) atoms. The molecular formula is C43H58N6O6. The Morgan fingerprint density at radius 2 is 1.47 bits per heavy atom. The maximum absolute atomic E-state index is 14.8. The highest BCUT2D eigenvalue weighted by Crippen LogP contribution is 2.59. The maximum atomic E-state index is 14.8. The minimum atomic E-state index is -0.329. The van der Waals surface area contributed by atoms with Crippen LogP contribution in [0.2, 0.25) is 0 Å². The predicted octanol–water partition coefficient (Wildman–Crippen LogP) is 5.53. The van der Waals surface area contributed by atoms with E-state index in [2.05, 4.69) is 68.0 Å². The summed E-state index contributed by atoms with van der Waals surface area (Å²) in [6.07, 6.45) is 6.02. The highest BCUT2D eigenvalue weighted by Gasteiger charge is 2.56. The largest absolute Gasteiger partial charge is 0.493 e. The smallest absolute Gasteiger partial charge is 0.225 e. The van der Waals surface area contributed by atoms with Crippen molar-refractivity contribution in [3.63, 3.8) is 0 Å². The molecule has 1 N–H and O–H groups in total. The second-order valence-electron chi connectivity index (χ2n) is 15.3. The summed E-state index contributed by atoms with van der Waals surface area (Å²) < 4.78 is 23.5.